The van der Waals surface area contributed by atoms with Gasteiger partial charge in [0.15, 0.2) is 5.96 Å². The zero-order chi connectivity index (χ0) is 20.6. The molecule has 0 spiro atoms. The molecule has 166 valence electrons. The van der Waals surface area contributed by atoms with Gasteiger partial charge in [0.25, 0.3) is 0 Å². The highest BCUT2D eigenvalue weighted by molar-refractivity contribution is 14.0. The van der Waals surface area contributed by atoms with Gasteiger partial charge in [-0.1, -0.05) is 12.1 Å². The van der Waals surface area contributed by atoms with E-state index in [4.69, 9.17) is 4.74 Å². The van der Waals surface area contributed by atoms with Crippen molar-refractivity contribution in [2.75, 3.05) is 46.4 Å². The second-order valence-electron chi connectivity index (χ2n) is 7.34. The number of aliphatic imine (C=N–C) groups is 1. The summed E-state index contributed by atoms with van der Waals surface area (Å²) in [6.07, 6.45) is 2.58. The van der Waals surface area contributed by atoms with Crippen molar-refractivity contribution in [3.05, 3.63) is 29.3 Å². The fraction of sp³-hybridized carbons (Fsp3) is 0.650. The Bertz CT molecular complexity index is 767. The smallest absolute Gasteiger partial charge is 0.240 e. The molecule has 0 bridgehead atoms. The second-order valence-corrected chi connectivity index (χ2v) is 9.08. The van der Waals surface area contributed by atoms with Crippen molar-refractivity contribution >= 4 is 40.0 Å². The van der Waals surface area contributed by atoms with E-state index < -0.39 is 10.0 Å². The van der Waals surface area contributed by atoms with Gasteiger partial charge < -0.3 is 15.0 Å². The number of ether oxygens (including phenoxy) is 1. The Hall–Kier alpha value is -0.910. The first-order valence-electron chi connectivity index (χ1n) is 9.97. The minimum atomic E-state index is -3.54. The molecule has 0 aliphatic heterocycles. The van der Waals surface area contributed by atoms with E-state index in [2.05, 4.69) is 15.0 Å². The third-order valence-electron chi connectivity index (χ3n) is 4.62. The Labute approximate surface area is 192 Å². The number of benzene rings is 1. The van der Waals surface area contributed by atoms with Crippen LogP contribution in [0.5, 0.6) is 0 Å². The van der Waals surface area contributed by atoms with Gasteiger partial charge in [0.2, 0.25) is 10.0 Å². The van der Waals surface area contributed by atoms with E-state index in [-0.39, 0.29) is 30.5 Å². The summed E-state index contributed by atoms with van der Waals surface area (Å²) in [5.74, 6) is 1.51. The first kappa shape index (κ1) is 26.1. The van der Waals surface area contributed by atoms with Crippen molar-refractivity contribution in [2.24, 2.45) is 10.9 Å². The minimum Gasteiger partial charge on any atom is -0.379 e. The molecule has 0 amide bonds. The molecule has 29 heavy (non-hydrogen) atoms. The summed E-state index contributed by atoms with van der Waals surface area (Å²) in [4.78, 5) is 6.86. The SMILES string of the molecule is CCNC(=NCCNS(=O)(=O)c1cc(C)ccc1C)N(C)CCOCC1CC1.I. The summed E-state index contributed by atoms with van der Waals surface area (Å²) in [6.45, 7) is 9.31. The van der Waals surface area contributed by atoms with E-state index in [1.807, 2.05) is 37.9 Å². The van der Waals surface area contributed by atoms with Crippen LogP contribution < -0.4 is 10.0 Å². The summed E-state index contributed by atoms with van der Waals surface area (Å²) in [5.41, 5.74) is 1.66. The Morgan fingerprint density at radius 1 is 1.31 bits per heavy atom. The molecule has 0 heterocycles. The number of nitrogens with one attached hydrogen (secondary N) is 2. The van der Waals surface area contributed by atoms with Gasteiger partial charge in [-0.15, -0.1) is 24.0 Å². The maximum absolute atomic E-state index is 12.5. The lowest BCUT2D eigenvalue weighted by Crippen LogP contribution is -2.41. The number of guanidine groups is 1. The van der Waals surface area contributed by atoms with Crippen LogP contribution in [0.15, 0.2) is 28.1 Å². The number of aryl methyl sites for hydroxylation is 2. The summed E-state index contributed by atoms with van der Waals surface area (Å²) in [5, 5.41) is 3.23. The van der Waals surface area contributed by atoms with E-state index in [1.54, 1.807) is 13.0 Å². The molecule has 1 aliphatic carbocycles. The standard InChI is InChI=1S/C20H34N4O3S.HI/c1-5-21-20(24(4)12-13-27-15-18-8-9-18)22-10-11-23-28(25,26)19-14-16(2)6-7-17(19)3;/h6-7,14,18,23H,5,8-13,15H2,1-4H3,(H,21,22);1H. The molecule has 1 aliphatic rings. The average Bonchev–Trinajstić information content (AvgIpc) is 3.47. The maximum atomic E-state index is 12.5. The quantitative estimate of drug-likeness (QED) is 0.196. The number of hydrogen-bond acceptors (Lipinski definition) is 4. The first-order chi connectivity index (χ1) is 13.3. The highest BCUT2D eigenvalue weighted by Gasteiger charge is 2.21. The molecule has 0 atom stereocenters. The topological polar surface area (TPSA) is 83.0 Å². The fourth-order valence-electron chi connectivity index (χ4n) is 2.73. The number of hydrogen-bond donors (Lipinski definition) is 2. The molecular weight excluding hydrogens is 503 g/mol. The normalized spacial score (nSPS) is 14.4. The monoisotopic (exact) mass is 538 g/mol. The minimum absolute atomic E-state index is 0. The van der Waals surface area contributed by atoms with Gasteiger partial charge in [-0.05, 0) is 56.7 Å². The van der Waals surface area contributed by atoms with E-state index in [0.29, 0.717) is 18.0 Å². The van der Waals surface area contributed by atoms with Crippen molar-refractivity contribution in [1.82, 2.24) is 14.9 Å². The molecule has 0 aromatic heterocycles. The van der Waals surface area contributed by atoms with E-state index in [1.165, 1.54) is 12.8 Å². The van der Waals surface area contributed by atoms with E-state index in [9.17, 15) is 8.42 Å². The van der Waals surface area contributed by atoms with Gasteiger partial charge in [-0.25, -0.2) is 13.1 Å². The molecule has 1 fully saturated rings. The number of likely N-dealkylation sites (N-methyl/N-ethyl adjacent to an activating group) is 1. The van der Waals surface area contributed by atoms with Crippen LogP contribution in [0.4, 0.5) is 0 Å². The molecule has 7 nitrogen and oxygen atoms in total. The van der Waals surface area contributed by atoms with Crippen molar-refractivity contribution in [1.29, 1.82) is 0 Å². The van der Waals surface area contributed by atoms with E-state index in [0.717, 1.165) is 42.7 Å². The molecule has 1 aromatic carbocycles. The van der Waals surface area contributed by atoms with Crippen LogP contribution in [0.1, 0.15) is 30.9 Å². The van der Waals surface area contributed by atoms with Crippen LogP contribution in [-0.2, 0) is 14.8 Å². The average molecular weight is 538 g/mol. The van der Waals surface area contributed by atoms with Crippen LogP contribution in [0.3, 0.4) is 0 Å². The molecule has 2 N–H and O–H groups in total. The van der Waals surface area contributed by atoms with Crippen molar-refractivity contribution in [3.8, 4) is 0 Å². The Balaban J connectivity index is 0.00000420. The van der Waals surface area contributed by atoms with Gasteiger partial charge in [-0.3, -0.25) is 4.99 Å². The molecule has 1 saturated carbocycles. The van der Waals surface area contributed by atoms with Crippen LogP contribution in [-0.4, -0.2) is 65.7 Å². The van der Waals surface area contributed by atoms with Gasteiger partial charge in [0.05, 0.1) is 18.0 Å². The molecule has 0 unspecified atom stereocenters. The number of sulfonamides is 1. The zero-order valence-electron chi connectivity index (χ0n) is 17.9. The molecule has 2 rings (SSSR count). The van der Waals surface area contributed by atoms with Gasteiger partial charge >= 0.3 is 0 Å². The number of halogens is 1. The second kappa shape index (κ2) is 12.7. The largest absolute Gasteiger partial charge is 0.379 e. The van der Waals surface area contributed by atoms with E-state index >= 15 is 0 Å². The van der Waals surface area contributed by atoms with Gasteiger partial charge in [0.1, 0.15) is 0 Å². The maximum Gasteiger partial charge on any atom is 0.240 e. The summed E-state index contributed by atoms with van der Waals surface area (Å²) in [7, 11) is -1.58. The van der Waals surface area contributed by atoms with Gasteiger partial charge in [-0.2, -0.15) is 0 Å². The van der Waals surface area contributed by atoms with Crippen molar-refractivity contribution in [3.63, 3.8) is 0 Å². The number of rotatable bonds is 11. The highest BCUT2D eigenvalue weighted by Crippen LogP contribution is 2.28. The third-order valence-corrected chi connectivity index (χ3v) is 6.22. The first-order valence-corrected chi connectivity index (χ1v) is 11.5. The molecule has 9 heteroatoms. The summed E-state index contributed by atoms with van der Waals surface area (Å²) in [6, 6.07) is 5.43. The van der Waals surface area contributed by atoms with Gasteiger partial charge in [0, 0.05) is 33.3 Å². The molecule has 0 saturated heterocycles. The van der Waals surface area contributed by atoms with Crippen LogP contribution >= 0.6 is 24.0 Å². The third kappa shape index (κ3) is 9.18. The Morgan fingerprint density at radius 3 is 2.69 bits per heavy atom. The molecule has 0 radical (unpaired) electrons. The summed E-state index contributed by atoms with van der Waals surface area (Å²) < 4.78 is 33.4. The van der Waals surface area contributed by atoms with Crippen LogP contribution in [0.2, 0.25) is 0 Å². The van der Waals surface area contributed by atoms with Crippen molar-refractivity contribution < 1.29 is 13.2 Å². The Morgan fingerprint density at radius 2 is 2.03 bits per heavy atom. The van der Waals surface area contributed by atoms with Crippen molar-refractivity contribution in [2.45, 2.75) is 38.5 Å². The predicted octanol–water partition coefficient (Wildman–Crippen LogP) is 2.52. The Kier molecular flexibility index (Phi) is 11.4. The van der Waals surface area contributed by atoms with Crippen LogP contribution in [0, 0.1) is 19.8 Å². The molecule has 1 aromatic rings. The lowest BCUT2D eigenvalue weighted by Gasteiger charge is -2.22. The van der Waals surface area contributed by atoms with Crippen LogP contribution in [0.25, 0.3) is 0 Å². The fourth-order valence-corrected chi connectivity index (χ4v) is 4.08. The highest BCUT2D eigenvalue weighted by atomic mass is 127. The number of nitrogens with zero attached hydrogens (tertiary/aromatic N) is 2. The molecular formula is C20H35IN4O3S. The lowest BCUT2D eigenvalue weighted by molar-refractivity contribution is 0.115. The summed E-state index contributed by atoms with van der Waals surface area (Å²) >= 11 is 0. The zero-order valence-corrected chi connectivity index (χ0v) is 21.0. The predicted molar refractivity (Wildman–Crippen MR) is 129 cm³/mol. The lowest BCUT2D eigenvalue weighted by atomic mass is 10.2.